The largest absolute Gasteiger partial charge is 0.505 e. The number of aromatic nitrogens is 1. The Morgan fingerprint density at radius 1 is 1.60 bits per heavy atom. The molecule has 0 radical (unpaired) electrons. The lowest BCUT2D eigenvalue weighted by Crippen LogP contribution is -2.08. The highest BCUT2D eigenvalue weighted by atomic mass is 19.3. The Morgan fingerprint density at radius 3 is 2.67 bits per heavy atom. The van der Waals surface area contributed by atoms with Crippen LogP contribution in [0, 0.1) is 6.92 Å². The zero-order valence-electron chi connectivity index (χ0n) is 8.12. The number of carbonyl (C=O) groups excluding carboxylic acids is 1. The van der Waals surface area contributed by atoms with Crippen molar-refractivity contribution in [1.29, 1.82) is 0 Å². The average Bonchev–Trinajstić information content (AvgIpc) is 2.16. The van der Waals surface area contributed by atoms with E-state index in [0.717, 1.165) is 13.2 Å². The van der Waals surface area contributed by atoms with Gasteiger partial charge in [-0.25, -0.2) is 18.6 Å². The summed E-state index contributed by atoms with van der Waals surface area (Å²) in [6.45, 7) is 1.37. The average molecular weight is 217 g/mol. The van der Waals surface area contributed by atoms with E-state index in [1.807, 2.05) is 0 Å². The van der Waals surface area contributed by atoms with Crippen LogP contribution in [-0.2, 0) is 4.74 Å². The first-order valence-corrected chi connectivity index (χ1v) is 4.04. The fraction of sp³-hybridized carbons (Fsp3) is 0.333. The van der Waals surface area contributed by atoms with Crippen molar-refractivity contribution in [3.05, 3.63) is 23.0 Å². The molecule has 6 heteroatoms. The van der Waals surface area contributed by atoms with E-state index in [1.54, 1.807) is 0 Å². The number of halogens is 2. The number of carbonyl (C=O) groups is 1. The van der Waals surface area contributed by atoms with Gasteiger partial charge in [-0.05, 0) is 18.6 Å². The minimum atomic E-state index is -2.80. The number of pyridine rings is 1. The van der Waals surface area contributed by atoms with Gasteiger partial charge in [0.1, 0.15) is 11.4 Å². The molecule has 0 aliphatic carbocycles. The van der Waals surface area contributed by atoms with Crippen LogP contribution in [0.2, 0.25) is 0 Å². The van der Waals surface area contributed by atoms with Gasteiger partial charge in [-0.3, -0.25) is 0 Å². The predicted molar refractivity (Wildman–Crippen MR) is 46.9 cm³/mol. The molecule has 0 saturated heterocycles. The van der Waals surface area contributed by atoms with Crippen LogP contribution in [0.25, 0.3) is 0 Å². The molecular formula is C9H9F2NO3. The number of methoxy groups -OCH3 is 1. The fourth-order valence-electron chi connectivity index (χ4n) is 1.08. The van der Waals surface area contributed by atoms with Crippen molar-refractivity contribution in [2.45, 2.75) is 13.3 Å². The number of nitrogens with zero attached hydrogens (tertiary/aromatic N) is 1. The molecular weight excluding hydrogens is 208 g/mol. The van der Waals surface area contributed by atoms with E-state index >= 15 is 0 Å². The monoisotopic (exact) mass is 217 g/mol. The van der Waals surface area contributed by atoms with Gasteiger partial charge >= 0.3 is 5.97 Å². The van der Waals surface area contributed by atoms with Gasteiger partial charge in [0, 0.05) is 0 Å². The Morgan fingerprint density at radius 2 is 2.20 bits per heavy atom. The van der Waals surface area contributed by atoms with Gasteiger partial charge in [0.05, 0.1) is 7.11 Å². The summed E-state index contributed by atoms with van der Waals surface area (Å²) >= 11 is 0. The molecule has 1 aromatic heterocycles. The van der Waals surface area contributed by atoms with E-state index in [1.165, 1.54) is 6.92 Å². The van der Waals surface area contributed by atoms with Crippen molar-refractivity contribution in [3.63, 3.8) is 0 Å². The van der Waals surface area contributed by atoms with Crippen LogP contribution in [0.15, 0.2) is 6.07 Å². The highest BCUT2D eigenvalue weighted by Crippen LogP contribution is 2.26. The first-order chi connectivity index (χ1) is 6.97. The smallest absolute Gasteiger partial charge is 0.360 e. The van der Waals surface area contributed by atoms with Crippen LogP contribution < -0.4 is 0 Å². The molecule has 0 bridgehead atoms. The van der Waals surface area contributed by atoms with Crippen LogP contribution in [0.4, 0.5) is 8.78 Å². The lowest BCUT2D eigenvalue weighted by atomic mass is 10.2. The van der Waals surface area contributed by atoms with E-state index in [4.69, 9.17) is 0 Å². The number of hydrogen-bond acceptors (Lipinski definition) is 4. The number of rotatable bonds is 2. The quantitative estimate of drug-likeness (QED) is 0.767. The lowest BCUT2D eigenvalue weighted by molar-refractivity contribution is 0.0588. The first-order valence-electron chi connectivity index (χ1n) is 4.04. The Bertz CT molecular complexity index is 393. The maximum Gasteiger partial charge on any atom is 0.360 e. The van der Waals surface area contributed by atoms with Gasteiger partial charge in [-0.15, -0.1) is 0 Å². The van der Waals surface area contributed by atoms with Crippen molar-refractivity contribution >= 4 is 5.97 Å². The van der Waals surface area contributed by atoms with Gasteiger partial charge in [-0.2, -0.15) is 0 Å². The Balaban J connectivity index is 3.29. The Kier molecular flexibility index (Phi) is 3.18. The zero-order valence-corrected chi connectivity index (χ0v) is 8.12. The topological polar surface area (TPSA) is 59.4 Å². The molecule has 1 N–H and O–H groups in total. The van der Waals surface area contributed by atoms with Crippen molar-refractivity contribution < 1.29 is 23.4 Å². The van der Waals surface area contributed by atoms with E-state index in [2.05, 4.69) is 9.72 Å². The summed E-state index contributed by atoms with van der Waals surface area (Å²) in [5, 5.41) is 9.29. The van der Waals surface area contributed by atoms with Crippen LogP contribution in [0.3, 0.4) is 0 Å². The van der Waals surface area contributed by atoms with Crippen molar-refractivity contribution in [2.75, 3.05) is 7.11 Å². The van der Waals surface area contributed by atoms with E-state index in [0.29, 0.717) is 0 Å². The summed E-state index contributed by atoms with van der Waals surface area (Å²) < 4.78 is 29.1. The van der Waals surface area contributed by atoms with E-state index in [-0.39, 0.29) is 5.56 Å². The maximum atomic E-state index is 12.4. The minimum absolute atomic E-state index is 0.121. The lowest BCUT2D eigenvalue weighted by Gasteiger charge is -2.07. The summed E-state index contributed by atoms with van der Waals surface area (Å²) in [5.41, 5.74) is -0.915. The van der Waals surface area contributed by atoms with Gasteiger partial charge in [-0.1, -0.05) is 0 Å². The number of aromatic hydroxyl groups is 1. The summed E-state index contributed by atoms with van der Waals surface area (Å²) in [7, 11) is 1.07. The molecule has 82 valence electrons. The van der Waals surface area contributed by atoms with E-state index < -0.39 is 29.5 Å². The van der Waals surface area contributed by atoms with Crippen LogP contribution in [-0.4, -0.2) is 23.2 Å². The van der Waals surface area contributed by atoms with Gasteiger partial charge in [0.25, 0.3) is 6.43 Å². The van der Waals surface area contributed by atoms with Crippen LogP contribution in [0.1, 0.15) is 28.2 Å². The molecule has 0 saturated carbocycles. The van der Waals surface area contributed by atoms with Gasteiger partial charge in [0.2, 0.25) is 0 Å². The summed E-state index contributed by atoms with van der Waals surface area (Å²) in [4.78, 5) is 14.4. The Hall–Kier alpha value is -1.72. The molecule has 1 heterocycles. The summed E-state index contributed by atoms with van der Waals surface area (Å²) in [6.07, 6.45) is -2.80. The third-order valence-electron chi connectivity index (χ3n) is 1.82. The molecule has 4 nitrogen and oxygen atoms in total. The number of hydrogen-bond donors (Lipinski definition) is 1. The molecule has 0 spiro atoms. The molecule has 0 atom stereocenters. The molecule has 0 aliphatic heterocycles. The van der Waals surface area contributed by atoms with Gasteiger partial charge in [0.15, 0.2) is 5.69 Å². The number of alkyl halides is 2. The number of ether oxygens (including phenoxy) is 1. The number of esters is 1. The Labute approximate surface area is 84.5 Å². The summed E-state index contributed by atoms with van der Waals surface area (Å²) in [5.74, 6) is -1.42. The second-order valence-corrected chi connectivity index (χ2v) is 2.85. The molecule has 0 amide bonds. The van der Waals surface area contributed by atoms with Crippen LogP contribution >= 0.6 is 0 Å². The first kappa shape index (κ1) is 11.4. The van der Waals surface area contributed by atoms with Gasteiger partial charge < -0.3 is 9.84 Å². The van der Waals surface area contributed by atoms with Crippen molar-refractivity contribution in [2.24, 2.45) is 0 Å². The zero-order chi connectivity index (χ0) is 11.6. The fourth-order valence-corrected chi connectivity index (χ4v) is 1.08. The van der Waals surface area contributed by atoms with E-state index in [9.17, 15) is 18.7 Å². The minimum Gasteiger partial charge on any atom is -0.505 e. The normalized spacial score (nSPS) is 10.5. The molecule has 0 aromatic carbocycles. The second kappa shape index (κ2) is 4.20. The SMILES string of the molecule is COC(=O)c1nc(C(F)F)c(C)cc1O. The number of aryl methyl sites for hydroxylation is 1. The highest BCUT2D eigenvalue weighted by Gasteiger charge is 2.20. The summed E-state index contributed by atoms with van der Waals surface area (Å²) in [6, 6.07) is 1.06. The third kappa shape index (κ3) is 2.20. The molecule has 0 fully saturated rings. The predicted octanol–water partition coefficient (Wildman–Crippen LogP) is 1.82. The molecule has 15 heavy (non-hydrogen) atoms. The maximum absolute atomic E-state index is 12.4. The van der Waals surface area contributed by atoms with Crippen LogP contribution in [0.5, 0.6) is 5.75 Å². The standard InChI is InChI=1S/C9H9F2NO3/c1-4-3-5(13)7(9(14)15-2)12-6(4)8(10)11/h3,8,13H,1-2H3. The van der Waals surface area contributed by atoms with Crippen molar-refractivity contribution in [3.8, 4) is 5.75 Å². The van der Waals surface area contributed by atoms with Crippen molar-refractivity contribution in [1.82, 2.24) is 4.98 Å². The molecule has 1 aromatic rings. The molecule has 0 unspecified atom stereocenters. The second-order valence-electron chi connectivity index (χ2n) is 2.85. The molecule has 1 rings (SSSR count). The third-order valence-corrected chi connectivity index (χ3v) is 1.82. The molecule has 0 aliphatic rings. The highest BCUT2D eigenvalue weighted by molar-refractivity contribution is 5.90.